The number of halogens is 1. The van der Waals surface area contributed by atoms with Gasteiger partial charge in [-0.05, 0) is 6.07 Å². The lowest BCUT2D eigenvalue weighted by molar-refractivity contribution is 0.0527. The molecule has 0 aliphatic carbocycles. The summed E-state index contributed by atoms with van der Waals surface area (Å²) in [5.74, 6) is 0.208. The number of morpholine rings is 1. The molecular weight excluding hydrogens is 299 g/mol. The number of aryl methyl sites for hydroxylation is 1. The highest BCUT2D eigenvalue weighted by atomic mass is 19.1. The molecule has 1 atom stereocenters. The number of carbonyl (C=O) groups is 1. The van der Waals surface area contributed by atoms with E-state index in [1.54, 1.807) is 40.1 Å². The van der Waals surface area contributed by atoms with E-state index in [-0.39, 0.29) is 11.8 Å². The Kier molecular flexibility index (Phi) is 4.57. The van der Waals surface area contributed by atoms with Gasteiger partial charge in [0.2, 0.25) is 0 Å². The first-order valence-corrected chi connectivity index (χ1v) is 7.51. The van der Waals surface area contributed by atoms with Crippen molar-refractivity contribution in [1.82, 2.24) is 19.8 Å². The van der Waals surface area contributed by atoms with Crippen LogP contribution in [0.1, 0.15) is 17.4 Å². The van der Waals surface area contributed by atoms with E-state index in [1.807, 2.05) is 7.05 Å². The highest BCUT2D eigenvalue weighted by Gasteiger charge is 2.26. The molecule has 2 heterocycles. The van der Waals surface area contributed by atoms with Crippen molar-refractivity contribution in [1.29, 1.82) is 0 Å². The molecular formula is C16H19FN4O2. The fraction of sp³-hybridized carbons (Fsp3) is 0.375. The number of carbonyl (C=O) groups excluding carboxylic acids is 1. The summed E-state index contributed by atoms with van der Waals surface area (Å²) >= 11 is 0. The molecule has 3 rings (SSSR count). The SMILES string of the molecule is Cn1ccnc1[C@H](NC(=O)N1CCOCC1)c1ccccc1F. The maximum absolute atomic E-state index is 14.2. The van der Waals surface area contributed by atoms with Crippen LogP contribution < -0.4 is 5.32 Å². The van der Waals surface area contributed by atoms with Crippen molar-refractivity contribution in [2.45, 2.75) is 6.04 Å². The summed E-state index contributed by atoms with van der Waals surface area (Å²) in [5, 5.41) is 2.90. The number of benzene rings is 1. The van der Waals surface area contributed by atoms with E-state index in [1.165, 1.54) is 6.07 Å². The van der Waals surface area contributed by atoms with Crippen LogP contribution >= 0.6 is 0 Å². The number of hydrogen-bond acceptors (Lipinski definition) is 3. The molecule has 1 aliphatic rings. The molecule has 0 unspecified atom stereocenters. The Morgan fingerprint density at radius 3 is 2.74 bits per heavy atom. The third kappa shape index (κ3) is 3.34. The number of aromatic nitrogens is 2. The Morgan fingerprint density at radius 1 is 1.35 bits per heavy atom. The number of amides is 2. The average molecular weight is 318 g/mol. The van der Waals surface area contributed by atoms with Crippen molar-refractivity contribution < 1.29 is 13.9 Å². The van der Waals surface area contributed by atoms with E-state index in [2.05, 4.69) is 10.3 Å². The number of rotatable bonds is 3. The van der Waals surface area contributed by atoms with Crippen LogP contribution in [-0.2, 0) is 11.8 Å². The highest BCUT2D eigenvalue weighted by Crippen LogP contribution is 2.23. The Labute approximate surface area is 133 Å². The Bertz CT molecular complexity index is 682. The number of nitrogens with one attached hydrogen (secondary N) is 1. The van der Waals surface area contributed by atoms with Gasteiger partial charge >= 0.3 is 6.03 Å². The van der Waals surface area contributed by atoms with Crippen LogP contribution in [0.4, 0.5) is 9.18 Å². The minimum absolute atomic E-state index is 0.246. The third-order valence-electron chi connectivity index (χ3n) is 3.90. The molecule has 1 fully saturated rings. The quantitative estimate of drug-likeness (QED) is 0.937. The summed E-state index contributed by atoms with van der Waals surface area (Å²) in [7, 11) is 1.82. The van der Waals surface area contributed by atoms with Gasteiger partial charge < -0.3 is 19.5 Å². The molecule has 2 amide bonds. The zero-order valence-corrected chi connectivity index (χ0v) is 12.9. The van der Waals surface area contributed by atoms with Crippen LogP contribution in [0, 0.1) is 5.82 Å². The Hall–Kier alpha value is -2.41. The lowest BCUT2D eigenvalue weighted by Crippen LogP contribution is -2.47. The minimum Gasteiger partial charge on any atom is -0.378 e. The van der Waals surface area contributed by atoms with Gasteiger partial charge in [-0.2, -0.15) is 0 Å². The molecule has 1 saturated heterocycles. The first-order valence-electron chi connectivity index (χ1n) is 7.51. The molecule has 0 spiro atoms. The van der Waals surface area contributed by atoms with E-state index < -0.39 is 6.04 Å². The lowest BCUT2D eigenvalue weighted by atomic mass is 10.1. The Balaban J connectivity index is 1.88. The molecule has 0 radical (unpaired) electrons. The minimum atomic E-state index is -0.647. The van der Waals surface area contributed by atoms with Crippen LogP contribution in [0.25, 0.3) is 0 Å². The van der Waals surface area contributed by atoms with E-state index in [9.17, 15) is 9.18 Å². The third-order valence-corrected chi connectivity index (χ3v) is 3.90. The van der Waals surface area contributed by atoms with E-state index in [4.69, 9.17) is 4.74 Å². The van der Waals surface area contributed by atoms with Crippen molar-refractivity contribution in [3.8, 4) is 0 Å². The molecule has 1 aromatic carbocycles. The number of nitrogens with zero attached hydrogens (tertiary/aromatic N) is 3. The second-order valence-corrected chi connectivity index (χ2v) is 5.40. The van der Waals surface area contributed by atoms with Gasteiger partial charge in [0, 0.05) is 38.1 Å². The van der Waals surface area contributed by atoms with Crippen LogP contribution in [0.15, 0.2) is 36.7 Å². The lowest BCUT2D eigenvalue weighted by Gasteiger charge is -2.29. The van der Waals surface area contributed by atoms with Gasteiger partial charge in [-0.25, -0.2) is 14.2 Å². The van der Waals surface area contributed by atoms with E-state index >= 15 is 0 Å². The fourth-order valence-corrected chi connectivity index (χ4v) is 2.63. The van der Waals surface area contributed by atoms with Crippen molar-refractivity contribution in [3.63, 3.8) is 0 Å². The highest BCUT2D eigenvalue weighted by molar-refractivity contribution is 5.75. The summed E-state index contributed by atoms with van der Waals surface area (Å²) in [4.78, 5) is 18.4. The molecule has 122 valence electrons. The molecule has 7 heteroatoms. The zero-order valence-electron chi connectivity index (χ0n) is 12.9. The molecule has 23 heavy (non-hydrogen) atoms. The van der Waals surface area contributed by atoms with Gasteiger partial charge in [-0.1, -0.05) is 18.2 Å². The first-order chi connectivity index (χ1) is 11.2. The summed E-state index contributed by atoms with van der Waals surface area (Å²) < 4.78 is 21.3. The van der Waals surface area contributed by atoms with Gasteiger partial charge in [-0.15, -0.1) is 0 Å². The second-order valence-electron chi connectivity index (χ2n) is 5.40. The van der Waals surface area contributed by atoms with Crippen molar-refractivity contribution >= 4 is 6.03 Å². The van der Waals surface area contributed by atoms with Crippen LogP contribution in [0.5, 0.6) is 0 Å². The molecule has 6 nitrogen and oxygen atoms in total. The van der Waals surface area contributed by atoms with Gasteiger partial charge in [0.05, 0.1) is 13.2 Å². The first kappa shape index (κ1) is 15.5. The van der Waals surface area contributed by atoms with Crippen molar-refractivity contribution in [3.05, 3.63) is 53.9 Å². The number of hydrogen-bond donors (Lipinski definition) is 1. The van der Waals surface area contributed by atoms with Crippen LogP contribution in [0.3, 0.4) is 0 Å². The van der Waals surface area contributed by atoms with Gasteiger partial charge in [0.25, 0.3) is 0 Å². The predicted octanol–water partition coefficient (Wildman–Crippen LogP) is 1.69. The zero-order chi connectivity index (χ0) is 16.2. The largest absolute Gasteiger partial charge is 0.378 e. The van der Waals surface area contributed by atoms with Crippen molar-refractivity contribution in [2.24, 2.45) is 7.05 Å². The molecule has 1 N–H and O–H groups in total. The topological polar surface area (TPSA) is 59.4 Å². The smallest absolute Gasteiger partial charge is 0.318 e. The normalized spacial score (nSPS) is 16.2. The van der Waals surface area contributed by atoms with E-state index in [0.29, 0.717) is 37.7 Å². The summed E-state index contributed by atoms with van der Waals surface area (Å²) in [5.41, 5.74) is 0.392. The monoisotopic (exact) mass is 318 g/mol. The van der Waals surface area contributed by atoms with Crippen molar-refractivity contribution in [2.75, 3.05) is 26.3 Å². The van der Waals surface area contributed by atoms with Crippen LogP contribution in [-0.4, -0.2) is 46.8 Å². The molecule has 2 aromatic rings. The summed E-state index contributed by atoms with van der Waals surface area (Å²) in [6.07, 6.45) is 3.40. The van der Waals surface area contributed by atoms with Crippen LogP contribution in [0.2, 0.25) is 0 Å². The van der Waals surface area contributed by atoms with Gasteiger partial charge in [0.15, 0.2) is 0 Å². The maximum Gasteiger partial charge on any atom is 0.318 e. The molecule has 1 aliphatic heterocycles. The summed E-state index contributed by atoms with van der Waals surface area (Å²) in [6.45, 7) is 2.08. The molecule has 0 bridgehead atoms. The average Bonchev–Trinajstić information content (AvgIpc) is 3.00. The second kappa shape index (κ2) is 6.78. The van der Waals surface area contributed by atoms with Gasteiger partial charge in [0.1, 0.15) is 17.7 Å². The Morgan fingerprint density at radius 2 is 2.09 bits per heavy atom. The molecule has 1 aromatic heterocycles. The number of urea groups is 1. The van der Waals surface area contributed by atoms with Gasteiger partial charge in [-0.3, -0.25) is 0 Å². The number of imidazole rings is 1. The number of ether oxygens (including phenoxy) is 1. The van der Waals surface area contributed by atoms with E-state index in [0.717, 1.165) is 0 Å². The molecule has 0 saturated carbocycles. The maximum atomic E-state index is 14.2. The predicted molar refractivity (Wildman–Crippen MR) is 82.4 cm³/mol. The summed E-state index contributed by atoms with van der Waals surface area (Å²) in [6, 6.07) is 5.52. The standard InChI is InChI=1S/C16H19FN4O2/c1-20-7-6-18-15(20)14(12-4-2-3-5-13(12)17)19-16(22)21-8-10-23-11-9-21/h2-7,14H,8-11H2,1H3,(H,19,22)/t14-/m1/s1. The fourth-order valence-electron chi connectivity index (χ4n) is 2.63.